The Hall–Kier alpha value is -1.20. The zero-order valence-corrected chi connectivity index (χ0v) is 16.1. The van der Waals surface area contributed by atoms with Gasteiger partial charge in [0.05, 0.1) is 6.54 Å². The van der Waals surface area contributed by atoms with Crippen LogP contribution >= 0.6 is 11.8 Å². The Morgan fingerprint density at radius 1 is 1.33 bits per heavy atom. The Morgan fingerprint density at radius 3 is 2.79 bits per heavy atom. The molecule has 0 aromatic heterocycles. The Bertz CT molecular complexity index is 491. The molecule has 1 saturated heterocycles. The summed E-state index contributed by atoms with van der Waals surface area (Å²) in [5.74, 6) is 2.04. The maximum atomic E-state index is 4.67. The van der Waals surface area contributed by atoms with E-state index in [1.807, 2.05) is 11.8 Å². The van der Waals surface area contributed by atoms with Crippen molar-refractivity contribution in [3.05, 3.63) is 35.9 Å². The van der Waals surface area contributed by atoms with E-state index in [0.717, 1.165) is 37.9 Å². The van der Waals surface area contributed by atoms with Crippen molar-refractivity contribution in [2.75, 3.05) is 31.6 Å². The van der Waals surface area contributed by atoms with Gasteiger partial charge in [-0.25, -0.2) is 0 Å². The third kappa shape index (κ3) is 6.36. The highest BCUT2D eigenvalue weighted by molar-refractivity contribution is 7.98. The summed E-state index contributed by atoms with van der Waals surface area (Å²) >= 11 is 1.84. The number of thioether (sulfide) groups is 1. The minimum atomic E-state index is 0.513. The second-order valence-corrected chi connectivity index (χ2v) is 7.41. The van der Waals surface area contributed by atoms with Gasteiger partial charge in [-0.15, -0.1) is 0 Å². The maximum Gasteiger partial charge on any atom is 0.191 e. The van der Waals surface area contributed by atoms with Crippen LogP contribution in [0.4, 0.5) is 0 Å². The molecule has 0 amide bonds. The molecule has 1 fully saturated rings. The van der Waals surface area contributed by atoms with E-state index in [4.69, 9.17) is 0 Å². The number of guanidine groups is 1. The largest absolute Gasteiger partial charge is 0.357 e. The van der Waals surface area contributed by atoms with Crippen LogP contribution in [0, 0.1) is 0 Å². The topological polar surface area (TPSA) is 39.7 Å². The lowest BCUT2D eigenvalue weighted by atomic mass is 9.97. The number of hydrogen-bond donors (Lipinski definition) is 2. The SMILES string of the molecule is CCNC(=NCCSC)NC1CCN(Cc2ccccc2)C(C)C1. The van der Waals surface area contributed by atoms with E-state index in [1.54, 1.807) is 0 Å². The number of hydrogen-bond acceptors (Lipinski definition) is 3. The molecule has 0 spiro atoms. The average molecular weight is 349 g/mol. The van der Waals surface area contributed by atoms with E-state index in [1.165, 1.54) is 18.4 Å². The summed E-state index contributed by atoms with van der Waals surface area (Å²) in [6.07, 6.45) is 4.46. The summed E-state index contributed by atoms with van der Waals surface area (Å²) in [4.78, 5) is 7.26. The maximum absolute atomic E-state index is 4.67. The van der Waals surface area contributed by atoms with Crippen molar-refractivity contribution in [1.29, 1.82) is 0 Å². The van der Waals surface area contributed by atoms with Crippen LogP contribution in [0.1, 0.15) is 32.3 Å². The van der Waals surface area contributed by atoms with Gasteiger partial charge in [0.25, 0.3) is 0 Å². The van der Waals surface area contributed by atoms with Crippen molar-refractivity contribution in [3.63, 3.8) is 0 Å². The third-order valence-electron chi connectivity index (χ3n) is 4.49. The van der Waals surface area contributed by atoms with Crippen LogP contribution in [0.2, 0.25) is 0 Å². The molecule has 5 heteroatoms. The van der Waals surface area contributed by atoms with Crippen LogP contribution in [0.3, 0.4) is 0 Å². The summed E-state index contributed by atoms with van der Waals surface area (Å²) in [5, 5.41) is 7.00. The molecule has 0 saturated carbocycles. The van der Waals surface area contributed by atoms with Gasteiger partial charge >= 0.3 is 0 Å². The highest BCUT2D eigenvalue weighted by Gasteiger charge is 2.25. The van der Waals surface area contributed by atoms with Gasteiger partial charge in [-0.1, -0.05) is 30.3 Å². The molecule has 4 nitrogen and oxygen atoms in total. The molecule has 1 aromatic carbocycles. The van der Waals surface area contributed by atoms with Crippen LogP contribution in [0.25, 0.3) is 0 Å². The van der Waals surface area contributed by atoms with Crippen LogP contribution < -0.4 is 10.6 Å². The van der Waals surface area contributed by atoms with E-state index in [-0.39, 0.29) is 0 Å². The highest BCUT2D eigenvalue weighted by Crippen LogP contribution is 2.19. The zero-order chi connectivity index (χ0) is 17.2. The Balaban J connectivity index is 1.83. The van der Waals surface area contributed by atoms with Gasteiger partial charge in [0, 0.05) is 37.5 Å². The fourth-order valence-electron chi connectivity index (χ4n) is 3.17. The van der Waals surface area contributed by atoms with E-state index in [0.29, 0.717) is 12.1 Å². The first-order valence-corrected chi connectivity index (χ1v) is 10.4. The number of aliphatic imine (C=N–C) groups is 1. The number of piperidine rings is 1. The van der Waals surface area contributed by atoms with Crippen molar-refractivity contribution in [1.82, 2.24) is 15.5 Å². The lowest BCUT2D eigenvalue weighted by Gasteiger charge is -2.38. The molecule has 2 N–H and O–H groups in total. The molecule has 2 atom stereocenters. The van der Waals surface area contributed by atoms with Gasteiger partial charge in [-0.2, -0.15) is 11.8 Å². The summed E-state index contributed by atoms with van der Waals surface area (Å²) in [6, 6.07) is 11.9. The molecule has 0 bridgehead atoms. The minimum absolute atomic E-state index is 0.513. The minimum Gasteiger partial charge on any atom is -0.357 e. The second kappa shape index (κ2) is 10.6. The average Bonchev–Trinajstić information content (AvgIpc) is 2.59. The lowest BCUT2D eigenvalue weighted by molar-refractivity contribution is 0.134. The zero-order valence-electron chi connectivity index (χ0n) is 15.3. The molecular weight excluding hydrogens is 316 g/mol. The van der Waals surface area contributed by atoms with E-state index < -0.39 is 0 Å². The third-order valence-corrected chi connectivity index (χ3v) is 5.08. The molecule has 24 heavy (non-hydrogen) atoms. The Morgan fingerprint density at radius 2 is 2.12 bits per heavy atom. The van der Waals surface area contributed by atoms with Crippen LogP contribution in [0.5, 0.6) is 0 Å². The molecule has 0 aliphatic carbocycles. The first-order chi connectivity index (χ1) is 11.7. The number of nitrogens with one attached hydrogen (secondary N) is 2. The number of likely N-dealkylation sites (tertiary alicyclic amines) is 1. The molecule has 1 aliphatic rings. The van der Waals surface area contributed by atoms with E-state index in [2.05, 4.69) is 71.0 Å². The van der Waals surface area contributed by atoms with Crippen molar-refractivity contribution in [2.24, 2.45) is 4.99 Å². The normalized spacial score (nSPS) is 22.4. The van der Waals surface area contributed by atoms with Crippen LogP contribution in [-0.2, 0) is 6.54 Å². The Labute approximate surface area is 151 Å². The predicted octanol–water partition coefficient (Wildman–Crippen LogP) is 2.96. The van der Waals surface area contributed by atoms with Gasteiger partial charge in [0.2, 0.25) is 0 Å². The van der Waals surface area contributed by atoms with Crippen molar-refractivity contribution in [2.45, 2.75) is 45.3 Å². The second-order valence-electron chi connectivity index (χ2n) is 6.42. The fraction of sp³-hybridized carbons (Fsp3) is 0.632. The molecule has 1 aliphatic heterocycles. The summed E-state index contributed by atoms with van der Waals surface area (Å²) in [5.41, 5.74) is 1.41. The van der Waals surface area contributed by atoms with Crippen molar-refractivity contribution < 1.29 is 0 Å². The van der Waals surface area contributed by atoms with Crippen molar-refractivity contribution in [3.8, 4) is 0 Å². The molecular formula is C19H32N4S. The predicted molar refractivity (Wildman–Crippen MR) is 107 cm³/mol. The molecule has 2 rings (SSSR count). The number of benzene rings is 1. The quantitative estimate of drug-likeness (QED) is 0.451. The van der Waals surface area contributed by atoms with E-state index in [9.17, 15) is 0 Å². The van der Waals surface area contributed by atoms with Gasteiger partial charge < -0.3 is 10.6 Å². The molecule has 1 aromatic rings. The van der Waals surface area contributed by atoms with E-state index >= 15 is 0 Å². The first kappa shape index (κ1) is 19.1. The summed E-state index contributed by atoms with van der Waals surface area (Å²) in [7, 11) is 0. The smallest absolute Gasteiger partial charge is 0.191 e. The van der Waals surface area contributed by atoms with Gasteiger partial charge in [-0.05, 0) is 38.5 Å². The molecule has 0 radical (unpaired) electrons. The van der Waals surface area contributed by atoms with Crippen LogP contribution in [0.15, 0.2) is 35.3 Å². The molecule has 2 unspecified atom stereocenters. The van der Waals surface area contributed by atoms with Crippen LogP contribution in [-0.4, -0.2) is 54.6 Å². The first-order valence-electron chi connectivity index (χ1n) is 9.04. The summed E-state index contributed by atoms with van der Waals surface area (Å²) in [6.45, 7) is 8.44. The number of nitrogens with zero attached hydrogens (tertiary/aromatic N) is 2. The Kier molecular flexibility index (Phi) is 8.47. The van der Waals surface area contributed by atoms with Gasteiger partial charge in [0.1, 0.15) is 0 Å². The number of rotatable bonds is 7. The van der Waals surface area contributed by atoms with Gasteiger partial charge in [0.15, 0.2) is 5.96 Å². The monoisotopic (exact) mass is 348 g/mol. The molecule has 134 valence electrons. The fourth-order valence-corrected chi connectivity index (χ4v) is 3.44. The molecule has 1 heterocycles. The van der Waals surface area contributed by atoms with Gasteiger partial charge in [-0.3, -0.25) is 9.89 Å². The standard InChI is InChI=1S/C19H32N4S/c1-4-20-19(21-11-13-24-3)22-18-10-12-23(16(2)14-18)15-17-8-6-5-7-9-17/h5-9,16,18H,4,10-15H2,1-3H3,(H2,20,21,22). The summed E-state index contributed by atoms with van der Waals surface area (Å²) < 4.78 is 0. The van der Waals surface area contributed by atoms with Crippen molar-refractivity contribution >= 4 is 17.7 Å². The lowest BCUT2D eigenvalue weighted by Crippen LogP contribution is -2.51. The highest BCUT2D eigenvalue weighted by atomic mass is 32.2.